The minimum absolute atomic E-state index is 0.108. The molecule has 1 aliphatic carbocycles. The summed E-state index contributed by atoms with van der Waals surface area (Å²) in [5.74, 6) is 1.21. The molecule has 12 heteroatoms. The Bertz CT molecular complexity index is 1820. The number of hydrogen-bond acceptors (Lipinski definition) is 9. The Balaban J connectivity index is 1.18. The van der Waals surface area contributed by atoms with Gasteiger partial charge in [-0.2, -0.15) is 5.26 Å². The minimum Gasteiger partial charge on any atom is -0.457 e. The molecule has 2 aromatic heterocycles. The number of nitrogens with one attached hydrogen (secondary N) is 2. The second-order valence-corrected chi connectivity index (χ2v) is 12.4. The molecule has 0 atom stereocenters. The molecule has 1 aliphatic heterocycles. The summed E-state index contributed by atoms with van der Waals surface area (Å²) in [5, 5.41) is 16.2. The van der Waals surface area contributed by atoms with Crippen LogP contribution in [0.15, 0.2) is 77.4 Å². The van der Waals surface area contributed by atoms with Crippen molar-refractivity contribution < 1.29 is 9.53 Å². The molecule has 1 saturated carbocycles. The lowest BCUT2D eigenvalue weighted by Gasteiger charge is -2.39. The Morgan fingerprint density at radius 2 is 1.72 bits per heavy atom. The fourth-order valence-corrected chi connectivity index (χ4v) is 6.50. The van der Waals surface area contributed by atoms with Crippen LogP contribution >= 0.6 is 0 Å². The second kappa shape index (κ2) is 13.2. The van der Waals surface area contributed by atoms with E-state index in [1.807, 2.05) is 56.3 Å². The number of nitrogen functional groups attached to an aromatic ring is 1. The van der Waals surface area contributed by atoms with Gasteiger partial charge < -0.3 is 21.1 Å². The molecule has 0 spiro atoms. The van der Waals surface area contributed by atoms with Gasteiger partial charge in [0.1, 0.15) is 35.0 Å². The van der Waals surface area contributed by atoms with Gasteiger partial charge in [-0.25, -0.2) is 14.8 Å². The molecule has 0 bridgehead atoms. The molecule has 4 N–H and O–H groups in total. The number of anilines is 1. The first-order valence-electron chi connectivity index (χ1n) is 15.7. The average molecular weight is 622 g/mol. The quantitative estimate of drug-likeness (QED) is 0.197. The second-order valence-electron chi connectivity index (χ2n) is 12.4. The molecule has 3 heterocycles. The number of nitriles is 1. The smallest absolute Gasteiger partial charge is 0.335 e. The Labute approximate surface area is 267 Å². The van der Waals surface area contributed by atoms with Crippen molar-refractivity contribution in [1.29, 1.82) is 5.26 Å². The van der Waals surface area contributed by atoms with Crippen LogP contribution in [-0.4, -0.2) is 67.7 Å². The highest BCUT2D eigenvalue weighted by Gasteiger charge is 2.31. The molecule has 2 fully saturated rings. The van der Waals surface area contributed by atoms with E-state index in [1.54, 1.807) is 27.3 Å². The number of amides is 1. The highest BCUT2D eigenvalue weighted by Crippen LogP contribution is 2.32. The van der Waals surface area contributed by atoms with Crippen molar-refractivity contribution in [2.45, 2.75) is 57.2 Å². The predicted molar refractivity (Wildman–Crippen MR) is 176 cm³/mol. The van der Waals surface area contributed by atoms with Crippen LogP contribution in [0.3, 0.4) is 0 Å². The van der Waals surface area contributed by atoms with Crippen LogP contribution in [0.5, 0.6) is 11.5 Å². The topological polar surface area (TPSA) is 156 Å². The molecule has 0 unspecified atom stereocenters. The van der Waals surface area contributed by atoms with Crippen molar-refractivity contribution in [3.8, 4) is 23.3 Å². The number of piperazine rings is 1. The zero-order chi connectivity index (χ0) is 32.3. The fraction of sp³-hybridized carbons (Fsp3) is 0.382. The number of benzene rings is 2. The van der Waals surface area contributed by atoms with Crippen LogP contribution in [-0.2, 0) is 4.79 Å². The molecular formula is C34H39N9O3. The highest BCUT2D eigenvalue weighted by atomic mass is 16.5. The predicted octanol–water partition coefficient (Wildman–Crippen LogP) is 3.69. The summed E-state index contributed by atoms with van der Waals surface area (Å²) in [7, 11) is 0. The van der Waals surface area contributed by atoms with E-state index in [9.17, 15) is 14.9 Å². The summed E-state index contributed by atoms with van der Waals surface area (Å²) < 4.78 is 9.18. The molecule has 1 saturated heterocycles. The van der Waals surface area contributed by atoms with Gasteiger partial charge in [-0.1, -0.05) is 18.2 Å². The number of carbonyl (C=O) groups is 1. The summed E-state index contributed by atoms with van der Waals surface area (Å²) in [6.45, 7) is 7.54. The first-order chi connectivity index (χ1) is 22.2. The third-order valence-corrected chi connectivity index (χ3v) is 8.95. The first-order valence-corrected chi connectivity index (χ1v) is 15.7. The van der Waals surface area contributed by atoms with Gasteiger partial charge in [-0.3, -0.25) is 18.8 Å². The van der Waals surface area contributed by atoms with E-state index in [4.69, 9.17) is 10.5 Å². The molecule has 238 valence electrons. The molecule has 1 amide bonds. The summed E-state index contributed by atoms with van der Waals surface area (Å²) >= 11 is 0. The van der Waals surface area contributed by atoms with Crippen molar-refractivity contribution in [1.82, 2.24) is 34.6 Å². The van der Waals surface area contributed by atoms with Gasteiger partial charge in [0.2, 0.25) is 0 Å². The number of aromatic nitrogens is 4. The van der Waals surface area contributed by atoms with Crippen LogP contribution < -0.4 is 26.8 Å². The zero-order valence-corrected chi connectivity index (χ0v) is 26.1. The Kier molecular flexibility index (Phi) is 8.87. The van der Waals surface area contributed by atoms with E-state index >= 15 is 0 Å². The van der Waals surface area contributed by atoms with Gasteiger partial charge >= 0.3 is 5.69 Å². The van der Waals surface area contributed by atoms with E-state index in [0.29, 0.717) is 54.0 Å². The SMILES string of the molecule is CC(C)(C=C(C#N)C(=O)NC1CCC(n2c(=O)n(-c3ccc(Oc4ccccc4)cc3)c3c(N)ncnc32)CC1)N1CCNCC1. The third-order valence-electron chi connectivity index (χ3n) is 8.95. The van der Waals surface area contributed by atoms with Gasteiger partial charge in [0.05, 0.1) is 5.69 Å². The van der Waals surface area contributed by atoms with Gasteiger partial charge in [0.15, 0.2) is 11.5 Å². The lowest BCUT2D eigenvalue weighted by atomic mass is 9.90. The Hall–Kier alpha value is -4.99. The number of imidazole rings is 1. The van der Waals surface area contributed by atoms with Crippen LogP contribution in [0.25, 0.3) is 16.9 Å². The van der Waals surface area contributed by atoms with E-state index in [-0.39, 0.29) is 35.1 Å². The normalized spacial score (nSPS) is 19.5. The van der Waals surface area contributed by atoms with Gasteiger partial charge in [0.25, 0.3) is 5.91 Å². The van der Waals surface area contributed by atoms with Crippen molar-refractivity contribution in [2.75, 3.05) is 31.9 Å². The number of ether oxygens (including phenoxy) is 1. The number of fused-ring (bicyclic) bond motifs is 1. The molecule has 0 radical (unpaired) electrons. The van der Waals surface area contributed by atoms with Crippen molar-refractivity contribution >= 4 is 22.9 Å². The average Bonchev–Trinajstić information content (AvgIpc) is 3.38. The van der Waals surface area contributed by atoms with Crippen LogP contribution in [0.1, 0.15) is 45.6 Å². The molecule has 6 rings (SSSR count). The summed E-state index contributed by atoms with van der Waals surface area (Å²) in [6, 6.07) is 18.6. The van der Waals surface area contributed by atoms with E-state index in [2.05, 4.69) is 31.6 Å². The van der Waals surface area contributed by atoms with Crippen LogP contribution in [0, 0.1) is 11.3 Å². The molecule has 12 nitrogen and oxygen atoms in total. The van der Waals surface area contributed by atoms with E-state index < -0.39 is 5.54 Å². The maximum Gasteiger partial charge on any atom is 0.335 e. The molecule has 4 aromatic rings. The lowest BCUT2D eigenvalue weighted by Crippen LogP contribution is -2.52. The Morgan fingerprint density at radius 3 is 2.39 bits per heavy atom. The number of hydrogen-bond donors (Lipinski definition) is 3. The maximum atomic E-state index is 14.0. The minimum atomic E-state index is -0.420. The van der Waals surface area contributed by atoms with Crippen LogP contribution in [0.4, 0.5) is 5.82 Å². The molecule has 2 aromatic carbocycles. The van der Waals surface area contributed by atoms with Crippen LogP contribution in [0.2, 0.25) is 0 Å². The number of nitrogens with zero attached hydrogens (tertiary/aromatic N) is 6. The van der Waals surface area contributed by atoms with Crippen molar-refractivity contribution in [3.05, 3.63) is 83.1 Å². The molecule has 2 aliphatic rings. The third kappa shape index (κ3) is 6.38. The number of rotatable bonds is 8. The summed E-state index contributed by atoms with van der Waals surface area (Å²) in [6.07, 6.45) is 5.75. The monoisotopic (exact) mass is 621 g/mol. The Morgan fingerprint density at radius 1 is 1.04 bits per heavy atom. The van der Waals surface area contributed by atoms with Crippen molar-refractivity contribution in [2.24, 2.45) is 0 Å². The number of nitrogens with two attached hydrogens (primary N) is 1. The lowest BCUT2D eigenvalue weighted by molar-refractivity contribution is -0.118. The first kappa shape index (κ1) is 31.0. The molecule has 46 heavy (non-hydrogen) atoms. The number of carbonyl (C=O) groups excluding carboxylic acids is 1. The largest absolute Gasteiger partial charge is 0.457 e. The fourth-order valence-electron chi connectivity index (χ4n) is 6.50. The van der Waals surface area contributed by atoms with E-state index in [1.165, 1.54) is 6.33 Å². The standard InChI is InChI=1S/C34H39N9O3/c1-34(2,41-18-16-37-17-19-41)20-23(21-35)32(44)40-24-8-10-26(11-9-24)43-31-29(30(36)38-22-39-31)42(33(43)45)25-12-14-28(15-13-25)46-27-6-4-3-5-7-27/h3-7,12-15,20,22,24,26,37H,8-11,16-19H2,1-2H3,(H,40,44)(H2,36,38,39). The highest BCUT2D eigenvalue weighted by molar-refractivity contribution is 5.97. The maximum absolute atomic E-state index is 14.0. The van der Waals surface area contributed by atoms with Crippen molar-refractivity contribution in [3.63, 3.8) is 0 Å². The number of para-hydroxylation sites is 1. The molecular weight excluding hydrogens is 582 g/mol. The summed E-state index contributed by atoms with van der Waals surface area (Å²) in [4.78, 5) is 38.1. The summed E-state index contributed by atoms with van der Waals surface area (Å²) in [5.41, 5.74) is 7.31. The van der Waals surface area contributed by atoms with Gasteiger partial charge in [-0.15, -0.1) is 0 Å². The van der Waals surface area contributed by atoms with Gasteiger partial charge in [-0.05, 0) is 82.0 Å². The van der Waals surface area contributed by atoms with E-state index in [0.717, 1.165) is 26.2 Å². The van der Waals surface area contributed by atoms with Gasteiger partial charge in [0, 0.05) is 43.8 Å². The zero-order valence-electron chi connectivity index (χ0n) is 26.1.